The minimum absolute atomic E-state index is 0.0232. The van der Waals surface area contributed by atoms with Gasteiger partial charge in [-0.2, -0.15) is 0 Å². The number of hydrogen-bond acceptors (Lipinski definition) is 4. The first kappa shape index (κ1) is 33.5. The zero-order valence-electron chi connectivity index (χ0n) is 28.0. The maximum absolute atomic E-state index is 12.6. The minimum Gasteiger partial charge on any atom is -0.462 e. The Kier molecular flexibility index (Phi) is 11.6. The van der Waals surface area contributed by atoms with Crippen molar-refractivity contribution in [3.63, 3.8) is 0 Å². The predicted molar refractivity (Wildman–Crippen MR) is 170 cm³/mol. The van der Waals surface area contributed by atoms with E-state index in [1.807, 2.05) is 0 Å². The van der Waals surface area contributed by atoms with Gasteiger partial charge >= 0.3 is 5.97 Å². The van der Waals surface area contributed by atoms with E-state index in [0.717, 1.165) is 62.3 Å². The molecule has 240 valence electrons. The molecule has 5 heteroatoms. The number of ether oxygens (including phenoxy) is 1. The Morgan fingerprint density at radius 3 is 2.33 bits per heavy atom. The Morgan fingerprint density at radius 2 is 1.60 bits per heavy atom. The Bertz CT molecular complexity index is 933. The molecule has 0 bridgehead atoms. The lowest BCUT2D eigenvalue weighted by Crippen LogP contribution is -2.56. The first-order chi connectivity index (χ1) is 20.0. The lowest BCUT2D eigenvalue weighted by atomic mass is 9.42. The largest absolute Gasteiger partial charge is 0.462 e. The molecule has 4 aliphatic rings. The average Bonchev–Trinajstić information content (AvgIpc) is 3.30. The van der Waals surface area contributed by atoms with Crippen LogP contribution in [-0.2, 0) is 19.1 Å². The van der Waals surface area contributed by atoms with E-state index in [1.54, 1.807) is 0 Å². The molecule has 0 aliphatic heterocycles. The van der Waals surface area contributed by atoms with E-state index >= 15 is 0 Å². The van der Waals surface area contributed by atoms with Gasteiger partial charge in [0, 0.05) is 19.4 Å². The van der Waals surface area contributed by atoms with Crippen LogP contribution in [0, 0.1) is 52.3 Å². The van der Waals surface area contributed by atoms with Crippen molar-refractivity contribution in [2.45, 2.75) is 157 Å². The lowest BCUT2D eigenvalue weighted by molar-refractivity contribution is -0.169. The van der Waals surface area contributed by atoms with Crippen molar-refractivity contribution < 1.29 is 19.1 Å². The summed E-state index contributed by atoms with van der Waals surface area (Å²) in [5, 5.41) is 3.19. The van der Waals surface area contributed by atoms with Gasteiger partial charge in [0.15, 0.2) is 0 Å². The summed E-state index contributed by atoms with van der Waals surface area (Å²) in [7, 11) is 0. The highest BCUT2D eigenvalue weighted by molar-refractivity contribution is 5.81. The minimum atomic E-state index is -0.194. The summed E-state index contributed by atoms with van der Waals surface area (Å²) in [5.74, 6) is 5.15. The number of amides is 1. The third-order valence-corrected chi connectivity index (χ3v) is 13.1. The van der Waals surface area contributed by atoms with Crippen LogP contribution < -0.4 is 5.32 Å². The first-order valence-corrected chi connectivity index (χ1v) is 17.9. The molecule has 1 N–H and O–H groups in total. The van der Waals surface area contributed by atoms with E-state index in [-0.39, 0.29) is 30.2 Å². The van der Waals surface area contributed by atoms with Crippen LogP contribution in [0.5, 0.6) is 0 Å². The maximum atomic E-state index is 12.6. The van der Waals surface area contributed by atoms with Crippen LogP contribution in [0.15, 0.2) is 0 Å². The fraction of sp³-hybridized carbons (Fsp3) is 0.919. The first-order valence-electron chi connectivity index (χ1n) is 17.9. The molecule has 0 spiro atoms. The van der Waals surface area contributed by atoms with Crippen molar-refractivity contribution in [1.82, 2.24) is 5.32 Å². The quantitative estimate of drug-likeness (QED) is 0.163. The van der Waals surface area contributed by atoms with Gasteiger partial charge in [-0.3, -0.25) is 9.59 Å². The summed E-state index contributed by atoms with van der Waals surface area (Å²) in [6.07, 6.45) is 18.1. The van der Waals surface area contributed by atoms with Crippen LogP contribution in [0.4, 0.5) is 0 Å². The highest BCUT2D eigenvalue weighted by Gasteiger charge is 2.62. The molecule has 42 heavy (non-hydrogen) atoms. The number of unbranched alkanes of at least 4 members (excludes halogenated alkanes) is 4. The summed E-state index contributed by atoms with van der Waals surface area (Å²) in [4.78, 5) is 36.3. The molecule has 4 aliphatic carbocycles. The van der Waals surface area contributed by atoms with E-state index < -0.39 is 0 Å². The second kappa shape index (κ2) is 14.6. The van der Waals surface area contributed by atoms with Crippen LogP contribution >= 0.6 is 0 Å². The average molecular weight is 586 g/mol. The Morgan fingerprint density at radius 1 is 0.881 bits per heavy atom. The molecule has 1 amide bonds. The highest BCUT2D eigenvalue weighted by atomic mass is 16.5. The number of fused-ring (bicyclic) bond motifs is 5. The number of rotatable bonds is 14. The van der Waals surface area contributed by atoms with Crippen LogP contribution in [0.25, 0.3) is 0 Å². The number of esters is 1. The molecule has 0 aromatic heterocycles. The normalized spacial score (nSPS) is 38.1. The SMILES string of the molecule is CCCCCCCNC(=O)CC[C@@H](C)C1CCC2C3C(C)CC4C[C@H](OC(=O)CCC(C)=O)CC[C@]4(C)C3CC[C@@]21C. The lowest BCUT2D eigenvalue weighted by Gasteiger charge is -2.63. The number of hydrogen-bond donors (Lipinski definition) is 1. The van der Waals surface area contributed by atoms with Gasteiger partial charge in [-0.25, -0.2) is 0 Å². The fourth-order valence-corrected chi connectivity index (χ4v) is 10.8. The van der Waals surface area contributed by atoms with E-state index in [0.29, 0.717) is 41.4 Å². The molecular formula is C37H63NO4. The summed E-state index contributed by atoms with van der Waals surface area (Å²) in [6.45, 7) is 14.8. The third kappa shape index (κ3) is 7.45. The molecular weight excluding hydrogens is 522 g/mol. The molecule has 0 heterocycles. The van der Waals surface area contributed by atoms with Gasteiger partial charge in [-0.1, -0.05) is 60.3 Å². The molecule has 10 atom stereocenters. The van der Waals surface area contributed by atoms with Crippen molar-refractivity contribution in [1.29, 1.82) is 0 Å². The van der Waals surface area contributed by atoms with Crippen molar-refractivity contribution in [2.24, 2.45) is 52.3 Å². The van der Waals surface area contributed by atoms with E-state index in [1.165, 1.54) is 64.7 Å². The van der Waals surface area contributed by atoms with Crippen LogP contribution in [0.3, 0.4) is 0 Å². The van der Waals surface area contributed by atoms with Crippen LogP contribution in [-0.4, -0.2) is 30.3 Å². The molecule has 5 nitrogen and oxygen atoms in total. The van der Waals surface area contributed by atoms with Gasteiger partial charge in [0.25, 0.3) is 0 Å². The molecule has 4 rings (SSSR count). The van der Waals surface area contributed by atoms with Crippen molar-refractivity contribution in [3.8, 4) is 0 Å². The molecule has 0 aromatic carbocycles. The number of carbonyl (C=O) groups excluding carboxylic acids is 3. The van der Waals surface area contributed by atoms with Crippen molar-refractivity contribution in [2.75, 3.05) is 6.54 Å². The number of Topliss-reactive ketones (excluding diaryl/α,β-unsaturated/α-hetero) is 1. The summed E-state index contributed by atoms with van der Waals surface area (Å²) < 4.78 is 5.89. The number of nitrogens with one attached hydrogen (secondary N) is 1. The highest BCUT2D eigenvalue weighted by Crippen LogP contribution is 2.69. The second-order valence-corrected chi connectivity index (χ2v) is 15.8. The molecule has 4 fully saturated rings. The summed E-state index contributed by atoms with van der Waals surface area (Å²) >= 11 is 0. The van der Waals surface area contributed by atoms with Gasteiger partial charge in [-0.05, 0) is 123 Å². The van der Waals surface area contributed by atoms with Crippen molar-refractivity contribution in [3.05, 3.63) is 0 Å². The summed E-state index contributed by atoms with van der Waals surface area (Å²) in [5.41, 5.74) is 0.746. The van der Waals surface area contributed by atoms with Gasteiger partial charge in [0.05, 0.1) is 6.42 Å². The van der Waals surface area contributed by atoms with Gasteiger partial charge in [0.1, 0.15) is 11.9 Å². The predicted octanol–water partition coefficient (Wildman–Crippen LogP) is 8.68. The fourth-order valence-electron chi connectivity index (χ4n) is 10.8. The van der Waals surface area contributed by atoms with E-state index in [4.69, 9.17) is 4.74 Å². The van der Waals surface area contributed by atoms with Gasteiger partial charge in [-0.15, -0.1) is 0 Å². The number of carbonyl (C=O) groups is 3. The van der Waals surface area contributed by atoms with Crippen LogP contribution in [0.1, 0.15) is 151 Å². The molecule has 0 saturated heterocycles. The van der Waals surface area contributed by atoms with Gasteiger partial charge < -0.3 is 14.8 Å². The molecule has 4 saturated carbocycles. The molecule has 6 unspecified atom stereocenters. The maximum Gasteiger partial charge on any atom is 0.306 e. The Hall–Kier alpha value is -1.39. The third-order valence-electron chi connectivity index (χ3n) is 13.1. The van der Waals surface area contributed by atoms with E-state index in [2.05, 4.69) is 39.9 Å². The van der Waals surface area contributed by atoms with E-state index in [9.17, 15) is 14.4 Å². The topological polar surface area (TPSA) is 72.5 Å². The Balaban J connectivity index is 1.31. The second-order valence-electron chi connectivity index (χ2n) is 15.8. The van der Waals surface area contributed by atoms with Gasteiger partial charge in [0.2, 0.25) is 5.91 Å². The Labute approximate surface area is 257 Å². The zero-order chi connectivity index (χ0) is 30.5. The summed E-state index contributed by atoms with van der Waals surface area (Å²) in [6, 6.07) is 0. The van der Waals surface area contributed by atoms with Crippen LogP contribution in [0.2, 0.25) is 0 Å². The monoisotopic (exact) mass is 585 g/mol. The molecule has 0 aromatic rings. The van der Waals surface area contributed by atoms with Crippen molar-refractivity contribution >= 4 is 17.7 Å². The smallest absolute Gasteiger partial charge is 0.306 e. The standard InChI is InChI=1S/C37H63NO4/c1-7-8-9-10-11-22-38-33(40)16-12-25(2)30-14-15-31-35-26(3)23-28-24-29(42-34(41)17-13-27(4)39)18-20-36(28,5)32(35)19-21-37(30,31)6/h25-26,28-32,35H,7-24H2,1-6H3,(H,38,40)/t25-,26?,28?,29-,30?,31?,32?,35?,36+,37-/m1/s1. The number of ketones is 1. The zero-order valence-corrected chi connectivity index (χ0v) is 28.0. The molecule has 0 radical (unpaired) electrons.